The summed E-state index contributed by atoms with van der Waals surface area (Å²) in [4.78, 5) is 6.70. The molecule has 4 atom stereocenters. The minimum absolute atomic E-state index is 0.324. The van der Waals surface area contributed by atoms with Crippen molar-refractivity contribution in [2.75, 3.05) is 6.61 Å². The Bertz CT molecular complexity index is 290. The number of hydrogen-bond donors (Lipinski definition) is 4. The molecular weight excluding hydrogens is 188 g/mol. The lowest BCUT2D eigenvalue weighted by molar-refractivity contribution is -0.0250. The van der Waals surface area contributed by atoms with Crippen molar-refractivity contribution in [1.82, 2.24) is 9.97 Å². The highest BCUT2D eigenvalue weighted by atomic mass is 16.6. The van der Waals surface area contributed by atoms with E-state index in [0.29, 0.717) is 5.82 Å². The van der Waals surface area contributed by atoms with Crippen LogP contribution in [0.25, 0.3) is 0 Å². The predicted molar refractivity (Wildman–Crippen MR) is 45.3 cm³/mol. The summed E-state index contributed by atoms with van der Waals surface area (Å²) in [5.74, 6) is 0.451. The van der Waals surface area contributed by atoms with Crippen LogP contribution in [0.1, 0.15) is 11.9 Å². The molecule has 0 radical (unpaired) electrons. The number of hydrogen-bond acceptors (Lipinski definition) is 5. The van der Waals surface area contributed by atoms with Gasteiger partial charge in [0.05, 0.1) is 6.61 Å². The van der Waals surface area contributed by atoms with Crippen LogP contribution < -0.4 is 0 Å². The number of nitrogens with zero attached hydrogens (tertiary/aromatic N) is 1. The van der Waals surface area contributed by atoms with Crippen molar-refractivity contribution in [3.05, 3.63) is 18.2 Å². The molecule has 1 fully saturated rings. The van der Waals surface area contributed by atoms with Crippen molar-refractivity contribution < 1.29 is 20.1 Å². The minimum atomic E-state index is -1.07. The van der Waals surface area contributed by atoms with Gasteiger partial charge in [0, 0.05) is 12.4 Å². The van der Waals surface area contributed by atoms with E-state index in [1.54, 1.807) is 6.20 Å². The van der Waals surface area contributed by atoms with Crippen LogP contribution in [0.4, 0.5) is 0 Å². The number of H-pyrrole nitrogens is 1. The summed E-state index contributed by atoms with van der Waals surface area (Å²) < 4.78 is 5.24. The second kappa shape index (κ2) is 3.66. The number of rotatable bonds is 2. The largest absolute Gasteiger partial charge is 0.394 e. The van der Waals surface area contributed by atoms with Gasteiger partial charge in [-0.1, -0.05) is 0 Å². The first-order valence-electron chi connectivity index (χ1n) is 4.35. The fourth-order valence-corrected chi connectivity index (χ4v) is 1.56. The first-order chi connectivity index (χ1) is 6.74. The first-order valence-corrected chi connectivity index (χ1v) is 4.35. The van der Waals surface area contributed by atoms with Crippen molar-refractivity contribution in [2.45, 2.75) is 24.4 Å². The predicted octanol–water partition coefficient (Wildman–Crippen LogP) is -1.44. The Morgan fingerprint density at radius 1 is 1.43 bits per heavy atom. The van der Waals surface area contributed by atoms with Crippen molar-refractivity contribution in [3.8, 4) is 0 Å². The summed E-state index contributed by atoms with van der Waals surface area (Å²) in [5, 5.41) is 27.9. The molecule has 14 heavy (non-hydrogen) atoms. The van der Waals surface area contributed by atoms with Crippen LogP contribution in [0.3, 0.4) is 0 Å². The zero-order valence-corrected chi connectivity index (χ0v) is 7.37. The topological polar surface area (TPSA) is 98.6 Å². The Balaban J connectivity index is 2.16. The summed E-state index contributed by atoms with van der Waals surface area (Å²) in [5.41, 5.74) is 0. The van der Waals surface area contributed by atoms with E-state index in [-0.39, 0.29) is 6.61 Å². The SMILES string of the molecule is OC[C@H]1OC(c2ncc[nH]2)[C@H](O)[C@@H]1O. The molecule has 2 heterocycles. The molecule has 6 nitrogen and oxygen atoms in total. The highest BCUT2D eigenvalue weighted by Crippen LogP contribution is 2.31. The number of aromatic amines is 1. The number of ether oxygens (including phenoxy) is 1. The highest BCUT2D eigenvalue weighted by molar-refractivity contribution is 5.02. The van der Waals surface area contributed by atoms with Crippen LogP contribution in [-0.2, 0) is 4.74 Å². The summed E-state index contributed by atoms with van der Waals surface area (Å²) in [6, 6.07) is 0. The molecule has 6 heteroatoms. The second-order valence-corrected chi connectivity index (χ2v) is 3.23. The van der Waals surface area contributed by atoms with E-state index in [1.807, 2.05) is 0 Å². The van der Waals surface area contributed by atoms with Crippen LogP contribution in [-0.4, -0.2) is 50.2 Å². The number of aromatic nitrogens is 2. The molecule has 1 aliphatic rings. The lowest BCUT2D eigenvalue weighted by Crippen LogP contribution is -2.32. The van der Waals surface area contributed by atoms with Gasteiger partial charge < -0.3 is 25.0 Å². The molecule has 0 saturated carbocycles. The quantitative estimate of drug-likeness (QED) is 0.469. The molecule has 78 valence electrons. The van der Waals surface area contributed by atoms with Crippen molar-refractivity contribution in [3.63, 3.8) is 0 Å². The maximum Gasteiger partial charge on any atom is 0.144 e. The zero-order valence-electron chi connectivity index (χ0n) is 7.37. The third-order valence-electron chi connectivity index (χ3n) is 2.33. The molecule has 1 saturated heterocycles. The molecule has 1 aliphatic heterocycles. The summed E-state index contributed by atoms with van der Waals surface area (Å²) >= 11 is 0. The van der Waals surface area contributed by atoms with Gasteiger partial charge in [-0.3, -0.25) is 0 Å². The minimum Gasteiger partial charge on any atom is -0.394 e. The van der Waals surface area contributed by atoms with Gasteiger partial charge in [0.1, 0.15) is 30.2 Å². The Morgan fingerprint density at radius 2 is 2.21 bits per heavy atom. The van der Waals surface area contributed by atoms with E-state index in [2.05, 4.69) is 9.97 Å². The Labute approximate surface area is 80.2 Å². The molecule has 0 bridgehead atoms. The van der Waals surface area contributed by atoms with E-state index in [4.69, 9.17) is 9.84 Å². The number of aliphatic hydroxyl groups is 3. The summed E-state index contributed by atoms with van der Waals surface area (Å²) in [7, 11) is 0. The fourth-order valence-electron chi connectivity index (χ4n) is 1.56. The van der Waals surface area contributed by atoms with Gasteiger partial charge in [0.15, 0.2) is 0 Å². The molecule has 1 aromatic rings. The lowest BCUT2D eigenvalue weighted by Gasteiger charge is -2.11. The zero-order chi connectivity index (χ0) is 10.1. The van der Waals surface area contributed by atoms with Crippen LogP contribution >= 0.6 is 0 Å². The summed E-state index contributed by atoms with van der Waals surface area (Å²) in [6.45, 7) is -0.324. The smallest absolute Gasteiger partial charge is 0.144 e. The third-order valence-corrected chi connectivity index (χ3v) is 2.33. The van der Waals surface area contributed by atoms with Gasteiger partial charge in [-0.15, -0.1) is 0 Å². The van der Waals surface area contributed by atoms with E-state index in [9.17, 15) is 10.2 Å². The summed E-state index contributed by atoms with van der Waals surface area (Å²) in [6.07, 6.45) is -0.445. The molecule has 0 aromatic carbocycles. The van der Waals surface area contributed by atoms with Crippen molar-refractivity contribution in [1.29, 1.82) is 0 Å². The second-order valence-electron chi connectivity index (χ2n) is 3.23. The maximum atomic E-state index is 9.58. The van der Waals surface area contributed by atoms with Crippen LogP contribution in [0.5, 0.6) is 0 Å². The number of imidazole rings is 1. The molecule has 0 spiro atoms. The standard InChI is InChI=1S/C8H12N2O4/c11-3-4-5(12)6(13)7(14-4)8-9-1-2-10-8/h1-2,4-7,11-13H,3H2,(H,9,10)/t4-,5-,6-,7?/m1/s1. The van der Waals surface area contributed by atoms with Crippen LogP contribution in [0.15, 0.2) is 12.4 Å². The van der Waals surface area contributed by atoms with E-state index < -0.39 is 24.4 Å². The molecule has 0 aliphatic carbocycles. The fraction of sp³-hybridized carbons (Fsp3) is 0.625. The highest BCUT2D eigenvalue weighted by Gasteiger charge is 2.44. The van der Waals surface area contributed by atoms with Crippen LogP contribution in [0.2, 0.25) is 0 Å². The number of aliphatic hydroxyl groups excluding tert-OH is 3. The van der Waals surface area contributed by atoms with Gasteiger partial charge in [-0.2, -0.15) is 0 Å². The van der Waals surface area contributed by atoms with Crippen LogP contribution in [0, 0.1) is 0 Å². The number of nitrogens with one attached hydrogen (secondary N) is 1. The molecular formula is C8H12N2O4. The van der Waals surface area contributed by atoms with Gasteiger partial charge in [-0.05, 0) is 0 Å². The normalized spacial score (nSPS) is 37.6. The monoisotopic (exact) mass is 200 g/mol. The van der Waals surface area contributed by atoms with Gasteiger partial charge in [0.2, 0.25) is 0 Å². The molecule has 1 unspecified atom stereocenters. The Morgan fingerprint density at radius 3 is 2.71 bits per heavy atom. The van der Waals surface area contributed by atoms with Gasteiger partial charge in [0.25, 0.3) is 0 Å². The third kappa shape index (κ3) is 1.42. The van der Waals surface area contributed by atoms with E-state index >= 15 is 0 Å². The average molecular weight is 200 g/mol. The first kappa shape index (κ1) is 9.60. The molecule has 1 aromatic heterocycles. The van der Waals surface area contributed by atoms with Crippen molar-refractivity contribution in [2.24, 2.45) is 0 Å². The lowest BCUT2D eigenvalue weighted by atomic mass is 10.1. The van der Waals surface area contributed by atoms with E-state index in [1.165, 1.54) is 6.20 Å². The average Bonchev–Trinajstić information content (AvgIpc) is 2.78. The molecule has 4 N–H and O–H groups in total. The maximum absolute atomic E-state index is 9.58. The Hall–Kier alpha value is -0.950. The molecule has 2 rings (SSSR count). The van der Waals surface area contributed by atoms with E-state index in [0.717, 1.165) is 0 Å². The molecule has 0 amide bonds. The Kier molecular flexibility index (Phi) is 2.51. The van der Waals surface area contributed by atoms with Crippen molar-refractivity contribution >= 4 is 0 Å². The van der Waals surface area contributed by atoms with Gasteiger partial charge >= 0.3 is 0 Å². The van der Waals surface area contributed by atoms with Gasteiger partial charge in [-0.25, -0.2) is 4.98 Å².